The second-order valence-electron chi connectivity index (χ2n) is 8.67. The van der Waals surface area contributed by atoms with Gasteiger partial charge in [0, 0.05) is 12.1 Å². The van der Waals surface area contributed by atoms with E-state index >= 15 is 0 Å². The summed E-state index contributed by atoms with van der Waals surface area (Å²) < 4.78 is 10.7. The lowest BCUT2D eigenvalue weighted by atomic mass is 9.92. The number of aryl methyl sites for hydroxylation is 1. The molecule has 0 N–H and O–H groups in total. The molecule has 158 valence electrons. The maximum Gasteiger partial charge on any atom is 0.418 e. The Balaban J connectivity index is 1.90. The van der Waals surface area contributed by atoms with Crippen LogP contribution in [0.5, 0.6) is 0 Å². The quantitative estimate of drug-likeness (QED) is 0.624. The molecule has 0 aromatic heterocycles. The van der Waals surface area contributed by atoms with E-state index in [9.17, 15) is 9.59 Å². The van der Waals surface area contributed by atoms with Crippen molar-refractivity contribution in [2.75, 3.05) is 12.0 Å². The molecule has 1 fully saturated rings. The van der Waals surface area contributed by atoms with Crippen molar-refractivity contribution in [2.45, 2.75) is 45.1 Å². The third kappa shape index (κ3) is 4.56. The average Bonchev–Trinajstić information content (AvgIpc) is 3.42. The summed E-state index contributed by atoms with van der Waals surface area (Å²) in [6.45, 7) is 7.50. The van der Waals surface area contributed by atoms with Crippen LogP contribution in [0.15, 0.2) is 66.9 Å². The highest BCUT2D eigenvalue weighted by atomic mass is 16.6. The number of benzene rings is 2. The molecule has 0 spiro atoms. The second-order valence-corrected chi connectivity index (χ2v) is 8.67. The fraction of sp³-hybridized carbons (Fsp3) is 0.360. The molecule has 3 rings (SSSR count). The lowest BCUT2D eigenvalue weighted by Crippen LogP contribution is -2.33. The largest absolute Gasteiger partial charge is 0.468 e. The molecule has 30 heavy (non-hydrogen) atoms. The number of amides is 1. The third-order valence-corrected chi connectivity index (χ3v) is 5.19. The minimum absolute atomic E-state index is 0.0691. The zero-order valence-electron chi connectivity index (χ0n) is 18.2. The first-order valence-electron chi connectivity index (χ1n) is 10.1. The number of carbonyl (C=O) groups is 2. The van der Waals surface area contributed by atoms with Gasteiger partial charge in [0.1, 0.15) is 5.60 Å². The van der Waals surface area contributed by atoms with Crippen LogP contribution in [0.3, 0.4) is 0 Å². The van der Waals surface area contributed by atoms with Crippen molar-refractivity contribution in [1.29, 1.82) is 0 Å². The van der Waals surface area contributed by atoms with E-state index in [2.05, 4.69) is 0 Å². The van der Waals surface area contributed by atoms with Gasteiger partial charge in [-0.2, -0.15) is 0 Å². The molecular weight excluding hydrogens is 378 g/mol. The molecule has 2 atom stereocenters. The minimum atomic E-state index is -0.715. The summed E-state index contributed by atoms with van der Waals surface area (Å²) in [7, 11) is 1.41. The van der Waals surface area contributed by atoms with Gasteiger partial charge >= 0.3 is 12.1 Å². The molecular formula is C25H29NO4. The Morgan fingerprint density at radius 2 is 1.80 bits per heavy atom. The molecule has 0 bridgehead atoms. The molecule has 2 aromatic carbocycles. The number of hydrogen-bond donors (Lipinski definition) is 0. The van der Waals surface area contributed by atoms with Crippen LogP contribution in [-0.2, 0) is 19.7 Å². The van der Waals surface area contributed by atoms with Crippen LogP contribution in [-0.4, -0.2) is 24.8 Å². The third-order valence-electron chi connectivity index (χ3n) is 5.19. The summed E-state index contributed by atoms with van der Waals surface area (Å²) >= 11 is 0. The maximum atomic E-state index is 12.8. The van der Waals surface area contributed by atoms with Crippen LogP contribution >= 0.6 is 0 Å². The van der Waals surface area contributed by atoms with Gasteiger partial charge in [-0.1, -0.05) is 54.1 Å². The van der Waals surface area contributed by atoms with Crippen molar-refractivity contribution in [3.63, 3.8) is 0 Å². The van der Waals surface area contributed by atoms with E-state index in [1.807, 2.05) is 88.4 Å². The van der Waals surface area contributed by atoms with Crippen LogP contribution in [0.25, 0.3) is 0 Å². The van der Waals surface area contributed by atoms with E-state index in [0.29, 0.717) is 12.1 Å². The number of para-hydroxylation sites is 1. The van der Waals surface area contributed by atoms with Gasteiger partial charge in [-0.05, 0) is 51.8 Å². The van der Waals surface area contributed by atoms with Crippen LogP contribution < -0.4 is 4.90 Å². The highest BCUT2D eigenvalue weighted by molar-refractivity contribution is 5.91. The van der Waals surface area contributed by atoms with E-state index in [0.717, 1.165) is 11.1 Å². The van der Waals surface area contributed by atoms with Gasteiger partial charge in [-0.25, -0.2) is 4.79 Å². The summed E-state index contributed by atoms with van der Waals surface area (Å²) in [6.07, 6.45) is 3.77. The topological polar surface area (TPSA) is 55.8 Å². The molecule has 0 radical (unpaired) electrons. The normalized spacial score (nSPS) is 20.6. The average molecular weight is 408 g/mol. The van der Waals surface area contributed by atoms with Crippen LogP contribution in [0.2, 0.25) is 0 Å². The smallest absolute Gasteiger partial charge is 0.418 e. The number of hydrogen-bond acceptors (Lipinski definition) is 4. The molecule has 1 amide bonds. The lowest BCUT2D eigenvalue weighted by molar-refractivity contribution is -0.144. The Kier molecular flexibility index (Phi) is 6.01. The number of esters is 1. The molecule has 0 heterocycles. The van der Waals surface area contributed by atoms with Gasteiger partial charge in [-0.15, -0.1) is 0 Å². The van der Waals surface area contributed by atoms with Gasteiger partial charge < -0.3 is 9.47 Å². The molecule has 1 saturated carbocycles. The highest BCUT2D eigenvalue weighted by Crippen LogP contribution is 2.56. The number of nitrogens with zero attached hydrogens (tertiary/aromatic N) is 1. The Labute approximate surface area is 178 Å². The fourth-order valence-electron chi connectivity index (χ4n) is 3.65. The molecule has 1 aliphatic carbocycles. The highest BCUT2D eigenvalue weighted by Gasteiger charge is 2.61. The SMILES string of the molecule is COC(=O)[C@@]1(c2cccc(C)c2)C[C@@H]1/C=C/N(C(=O)OC(C)(C)C)c1ccccc1. The van der Waals surface area contributed by atoms with Crippen LogP contribution in [0.1, 0.15) is 38.3 Å². The van der Waals surface area contributed by atoms with Crippen molar-refractivity contribution >= 4 is 17.7 Å². The van der Waals surface area contributed by atoms with Gasteiger partial charge in [0.15, 0.2) is 0 Å². The van der Waals surface area contributed by atoms with Gasteiger partial charge in [0.25, 0.3) is 0 Å². The number of carbonyl (C=O) groups excluding carboxylic acids is 2. The number of anilines is 1. The molecule has 2 aromatic rings. The van der Waals surface area contributed by atoms with Crippen molar-refractivity contribution in [2.24, 2.45) is 5.92 Å². The zero-order valence-corrected chi connectivity index (χ0v) is 18.2. The van der Waals surface area contributed by atoms with Crippen LogP contribution in [0, 0.1) is 12.8 Å². The van der Waals surface area contributed by atoms with E-state index in [4.69, 9.17) is 9.47 Å². The fourth-order valence-corrected chi connectivity index (χ4v) is 3.65. The van der Waals surface area contributed by atoms with Crippen molar-refractivity contribution in [1.82, 2.24) is 0 Å². The monoisotopic (exact) mass is 407 g/mol. The molecule has 0 saturated heterocycles. The molecule has 1 aliphatic rings. The zero-order chi connectivity index (χ0) is 21.9. The molecule has 5 nitrogen and oxygen atoms in total. The summed E-state index contributed by atoms with van der Waals surface area (Å²) in [6, 6.07) is 17.2. The van der Waals surface area contributed by atoms with E-state index in [1.54, 1.807) is 6.20 Å². The number of allylic oxidation sites excluding steroid dienone is 1. The number of rotatable bonds is 5. The predicted octanol–water partition coefficient (Wildman–Crippen LogP) is 5.38. The van der Waals surface area contributed by atoms with Crippen LogP contribution in [0.4, 0.5) is 10.5 Å². The lowest BCUT2D eigenvalue weighted by Gasteiger charge is -2.25. The van der Waals surface area contributed by atoms with E-state index in [-0.39, 0.29) is 11.9 Å². The Bertz CT molecular complexity index is 945. The molecule has 0 unspecified atom stereocenters. The number of methoxy groups -OCH3 is 1. The standard InChI is InChI=1S/C25H29NO4/c1-18-10-9-11-19(16-18)25(22(27)29-5)17-20(25)14-15-26(21-12-7-6-8-13-21)23(28)30-24(2,3)4/h6-16,20H,17H2,1-5H3/b15-14+/t20-,25+/m0/s1. The Hall–Kier alpha value is -3.08. The maximum absolute atomic E-state index is 12.8. The minimum Gasteiger partial charge on any atom is -0.468 e. The summed E-state index contributed by atoms with van der Waals surface area (Å²) in [5.74, 6) is -0.327. The van der Waals surface area contributed by atoms with Gasteiger partial charge in [0.2, 0.25) is 0 Å². The first-order chi connectivity index (χ1) is 14.2. The van der Waals surface area contributed by atoms with Crippen molar-refractivity contribution in [3.8, 4) is 0 Å². The summed E-state index contributed by atoms with van der Waals surface area (Å²) in [5, 5.41) is 0. The Morgan fingerprint density at radius 1 is 1.10 bits per heavy atom. The van der Waals surface area contributed by atoms with Crippen molar-refractivity contribution in [3.05, 3.63) is 78.0 Å². The van der Waals surface area contributed by atoms with E-state index in [1.165, 1.54) is 12.0 Å². The Morgan fingerprint density at radius 3 is 2.40 bits per heavy atom. The molecule has 0 aliphatic heterocycles. The molecule has 5 heteroatoms. The second kappa shape index (κ2) is 8.34. The first kappa shape index (κ1) is 21.6. The predicted molar refractivity (Wildman–Crippen MR) is 117 cm³/mol. The number of ether oxygens (including phenoxy) is 2. The van der Waals surface area contributed by atoms with Crippen molar-refractivity contribution < 1.29 is 19.1 Å². The van der Waals surface area contributed by atoms with Gasteiger partial charge in [-0.3, -0.25) is 9.69 Å². The first-order valence-corrected chi connectivity index (χ1v) is 10.1. The summed E-state index contributed by atoms with van der Waals surface area (Å²) in [5.41, 5.74) is 1.39. The summed E-state index contributed by atoms with van der Waals surface area (Å²) in [4.78, 5) is 27.0. The van der Waals surface area contributed by atoms with E-state index < -0.39 is 17.1 Å². The van der Waals surface area contributed by atoms with Gasteiger partial charge in [0.05, 0.1) is 18.2 Å².